The molecule has 0 aliphatic heterocycles. The van der Waals surface area contributed by atoms with E-state index in [-0.39, 0.29) is 5.56 Å². The van der Waals surface area contributed by atoms with Gasteiger partial charge in [-0.3, -0.25) is 0 Å². The summed E-state index contributed by atoms with van der Waals surface area (Å²) in [5, 5.41) is 9.15. The van der Waals surface area contributed by atoms with Crippen molar-refractivity contribution in [3.8, 4) is 11.5 Å². The summed E-state index contributed by atoms with van der Waals surface area (Å²) in [5.41, 5.74) is 2.25. The number of carboxylic acid groups (broad SMARTS) is 1. The standard InChI is InChI=1S/C15H13BrO3/c1-9-3-6-13(10(2)7-9)19-14-8-11(16)4-5-12(14)15(17)18/h3-8H,1-2H3,(H,17,18). The molecule has 98 valence electrons. The number of benzene rings is 2. The van der Waals surface area contributed by atoms with Crippen LogP contribution in [-0.2, 0) is 0 Å². The maximum absolute atomic E-state index is 11.2. The van der Waals surface area contributed by atoms with Crippen LogP contribution >= 0.6 is 15.9 Å². The number of carbonyl (C=O) groups is 1. The van der Waals surface area contributed by atoms with Crippen molar-refractivity contribution >= 4 is 21.9 Å². The average Bonchev–Trinajstić information content (AvgIpc) is 2.32. The minimum Gasteiger partial charge on any atom is -0.478 e. The third-order valence-corrected chi connectivity index (χ3v) is 3.22. The zero-order valence-electron chi connectivity index (χ0n) is 10.6. The topological polar surface area (TPSA) is 46.5 Å². The lowest BCUT2D eigenvalue weighted by Gasteiger charge is -2.12. The molecule has 2 rings (SSSR count). The normalized spacial score (nSPS) is 10.3. The number of halogens is 1. The zero-order valence-corrected chi connectivity index (χ0v) is 12.2. The van der Waals surface area contributed by atoms with Crippen LogP contribution in [0.15, 0.2) is 40.9 Å². The first-order valence-corrected chi connectivity index (χ1v) is 6.54. The van der Waals surface area contributed by atoms with E-state index in [4.69, 9.17) is 9.84 Å². The van der Waals surface area contributed by atoms with Gasteiger partial charge in [0.2, 0.25) is 0 Å². The number of rotatable bonds is 3. The van der Waals surface area contributed by atoms with E-state index < -0.39 is 5.97 Å². The summed E-state index contributed by atoms with van der Waals surface area (Å²) < 4.78 is 6.50. The van der Waals surface area contributed by atoms with Crippen LogP contribution in [0.3, 0.4) is 0 Å². The van der Waals surface area contributed by atoms with Gasteiger partial charge in [0.05, 0.1) is 0 Å². The van der Waals surface area contributed by atoms with E-state index in [2.05, 4.69) is 15.9 Å². The summed E-state index contributed by atoms with van der Waals surface area (Å²) >= 11 is 3.32. The van der Waals surface area contributed by atoms with Crippen molar-refractivity contribution in [3.05, 3.63) is 57.6 Å². The van der Waals surface area contributed by atoms with Crippen LogP contribution in [0.1, 0.15) is 21.5 Å². The Morgan fingerprint density at radius 1 is 1.11 bits per heavy atom. The van der Waals surface area contributed by atoms with E-state index in [9.17, 15) is 4.79 Å². The molecule has 0 heterocycles. The third kappa shape index (κ3) is 3.15. The Hall–Kier alpha value is -1.81. The Balaban J connectivity index is 2.42. The van der Waals surface area contributed by atoms with Gasteiger partial charge in [-0.2, -0.15) is 0 Å². The van der Waals surface area contributed by atoms with Gasteiger partial charge in [0.25, 0.3) is 0 Å². The van der Waals surface area contributed by atoms with Crippen molar-refractivity contribution in [2.75, 3.05) is 0 Å². The molecule has 0 aromatic heterocycles. The molecule has 2 aromatic carbocycles. The number of ether oxygens (including phenoxy) is 1. The molecule has 0 spiro atoms. The van der Waals surface area contributed by atoms with Gasteiger partial charge in [0.1, 0.15) is 17.1 Å². The predicted molar refractivity (Wildman–Crippen MR) is 77.1 cm³/mol. The Morgan fingerprint density at radius 3 is 2.47 bits per heavy atom. The monoisotopic (exact) mass is 320 g/mol. The molecule has 0 radical (unpaired) electrons. The number of hydrogen-bond donors (Lipinski definition) is 1. The van der Waals surface area contributed by atoms with Crippen LogP contribution in [0.4, 0.5) is 0 Å². The van der Waals surface area contributed by atoms with Crippen LogP contribution in [0.25, 0.3) is 0 Å². The lowest BCUT2D eigenvalue weighted by molar-refractivity contribution is 0.0694. The Bertz CT molecular complexity index is 635. The minimum atomic E-state index is -1.01. The third-order valence-electron chi connectivity index (χ3n) is 2.72. The highest BCUT2D eigenvalue weighted by Crippen LogP contribution is 2.30. The number of hydrogen-bond acceptors (Lipinski definition) is 2. The summed E-state index contributed by atoms with van der Waals surface area (Å²) in [4.78, 5) is 11.2. The minimum absolute atomic E-state index is 0.142. The molecular weight excluding hydrogens is 308 g/mol. The summed E-state index contributed by atoms with van der Waals surface area (Å²) in [6.07, 6.45) is 0. The average molecular weight is 321 g/mol. The molecule has 0 unspecified atom stereocenters. The molecule has 3 nitrogen and oxygen atoms in total. The van der Waals surface area contributed by atoms with E-state index in [0.717, 1.165) is 15.6 Å². The van der Waals surface area contributed by atoms with Gasteiger partial charge in [0.15, 0.2) is 0 Å². The van der Waals surface area contributed by atoms with Gasteiger partial charge in [-0.1, -0.05) is 33.6 Å². The van der Waals surface area contributed by atoms with Gasteiger partial charge in [0, 0.05) is 4.47 Å². The highest BCUT2D eigenvalue weighted by Gasteiger charge is 2.13. The van der Waals surface area contributed by atoms with Crippen molar-refractivity contribution in [2.45, 2.75) is 13.8 Å². The van der Waals surface area contributed by atoms with E-state index in [1.54, 1.807) is 12.1 Å². The molecule has 2 aromatic rings. The van der Waals surface area contributed by atoms with Crippen LogP contribution in [0.2, 0.25) is 0 Å². The molecule has 0 amide bonds. The molecule has 0 saturated heterocycles. The van der Waals surface area contributed by atoms with Crippen molar-refractivity contribution in [1.29, 1.82) is 0 Å². The number of carboxylic acids is 1. The smallest absolute Gasteiger partial charge is 0.339 e. The second-order valence-electron chi connectivity index (χ2n) is 4.32. The molecule has 0 bridgehead atoms. The predicted octanol–water partition coefficient (Wildman–Crippen LogP) is 4.56. The summed E-state index contributed by atoms with van der Waals surface area (Å²) in [6.45, 7) is 3.93. The first-order valence-electron chi connectivity index (χ1n) is 5.75. The van der Waals surface area contributed by atoms with Crippen molar-refractivity contribution in [3.63, 3.8) is 0 Å². The van der Waals surface area contributed by atoms with Crippen LogP contribution in [-0.4, -0.2) is 11.1 Å². The maximum Gasteiger partial charge on any atom is 0.339 e. The van der Waals surface area contributed by atoms with Crippen LogP contribution in [0, 0.1) is 13.8 Å². The lowest BCUT2D eigenvalue weighted by Crippen LogP contribution is -2.00. The number of aromatic carboxylic acids is 1. The molecule has 1 N–H and O–H groups in total. The van der Waals surface area contributed by atoms with E-state index >= 15 is 0 Å². The lowest BCUT2D eigenvalue weighted by atomic mass is 10.1. The Morgan fingerprint density at radius 2 is 1.84 bits per heavy atom. The summed E-state index contributed by atoms with van der Waals surface area (Å²) in [5.74, 6) is -0.0210. The van der Waals surface area contributed by atoms with E-state index in [0.29, 0.717) is 11.5 Å². The van der Waals surface area contributed by atoms with E-state index in [1.807, 2.05) is 32.0 Å². The second kappa shape index (κ2) is 5.45. The Kier molecular flexibility index (Phi) is 3.90. The largest absolute Gasteiger partial charge is 0.478 e. The fourth-order valence-corrected chi connectivity index (χ4v) is 2.13. The molecule has 0 atom stereocenters. The maximum atomic E-state index is 11.2. The summed E-state index contributed by atoms with van der Waals surface area (Å²) in [7, 11) is 0. The molecule has 19 heavy (non-hydrogen) atoms. The number of aryl methyl sites for hydroxylation is 2. The first kappa shape index (κ1) is 13.6. The van der Waals surface area contributed by atoms with E-state index in [1.165, 1.54) is 6.07 Å². The van der Waals surface area contributed by atoms with Crippen molar-refractivity contribution in [1.82, 2.24) is 0 Å². The van der Waals surface area contributed by atoms with Crippen molar-refractivity contribution in [2.24, 2.45) is 0 Å². The molecule has 4 heteroatoms. The zero-order chi connectivity index (χ0) is 14.0. The van der Waals surface area contributed by atoms with Gasteiger partial charge >= 0.3 is 5.97 Å². The highest BCUT2D eigenvalue weighted by atomic mass is 79.9. The molecule has 0 aliphatic carbocycles. The molecular formula is C15H13BrO3. The van der Waals surface area contributed by atoms with Crippen LogP contribution < -0.4 is 4.74 Å². The quantitative estimate of drug-likeness (QED) is 0.902. The second-order valence-corrected chi connectivity index (χ2v) is 5.23. The first-order chi connectivity index (χ1) is 8.97. The fourth-order valence-electron chi connectivity index (χ4n) is 1.79. The van der Waals surface area contributed by atoms with Crippen molar-refractivity contribution < 1.29 is 14.6 Å². The molecule has 0 fully saturated rings. The SMILES string of the molecule is Cc1ccc(Oc2cc(Br)ccc2C(=O)O)c(C)c1. The molecule has 0 aliphatic rings. The summed E-state index contributed by atoms with van der Waals surface area (Å²) in [6, 6.07) is 10.6. The van der Waals surface area contributed by atoms with Gasteiger partial charge in [-0.25, -0.2) is 4.79 Å². The van der Waals surface area contributed by atoms with Gasteiger partial charge in [-0.05, 0) is 43.7 Å². The van der Waals surface area contributed by atoms with Gasteiger partial charge < -0.3 is 9.84 Å². The highest BCUT2D eigenvalue weighted by molar-refractivity contribution is 9.10. The Labute approximate surface area is 120 Å². The van der Waals surface area contributed by atoms with Crippen LogP contribution in [0.5, 0.6) is 11.5 Å². The molecule has 0 saturated carbocycles. The fraction of sp³-hybridized carbons (Fsp3) is 0.133. The van der Waals surface area contributed by atoms with Gasteiger partial charge in [-0.15, -0.1) is 0 Å².